The van der Waals surface area contributed by atoms with Gasteiger partial charge in [0.2, 0.25) is 5.88 Å². The number of ether oxygens (including phenoxy) is 1. The van der Waals surface area contributed by atoms with Crippen LogP contribution >= 0.6 is 27.5 Å². The molecule has 0 amide bonds. The molecule has 3 nitrogen and oxygen atoms in total. The Morgan fingerprint density at radius 3 is 2.84 bits per heavy atom. The molecule has 6 heteroatoms. The molecule has 1 aromatic carbocycles. The summed E-state index contributed by atoms with van der Waals surface area (Å²) in [4.78, 5) is 14.9. The van der Waals surface area contributed by atoms with Gasteiger partial charge < -0.3 is 4.74 Å². The van der Waals surface area contributed by atoms with Gasteiger partial charge in [-0.15, -0.1) is 0 Å². The van der Waals surface area contributed by atoms with Crippen molar-refractivity contribution in [3.63, 3.8) is 0 Å². The van der Waals surface area contributed by atoms with E-state index in [1.807, 2.05) is 0 Å². The van der Waals surface area contributed by atoms with E-state index in [0.717, 1.165) is 6.07 Å². The van der Waals surface area contributed by atoms with Crippen LogP contribution in [0.3, 0.4) is 0 Å². The zero-order valence-electron chi connectivity index (χ0n) is 9.78. The SMILES string of the molecule is COc1nc(-c2cccc(Br)c2Cl)cc(F)c1C=O. The number of aromatic nitrogens is 1. The lowest BCUT2D eigenvalue weighted by Gasteiger charge is -2.09. The first-order chi connectivity index (χ1) is 9.08. The molecule has 0 bridgehead atoms. The number of pyridine rings is 1. The number of halogens is 3. The second-order valence-electron chi connectivity index (χ2n) is 3.63. The van der Waals surface area contributed by atoms with Crippen LogP contribution in [0.4, 0.5) is 4.39 Å². The Morgan fingerprint density at radius 1 is 1.47 bits per heavy atom. The lowest BCUT2D eigenvalue weighted by molar-refractivity contribution is 0.111. The van der Waals surface area contributed by atoms with Gasteiger partial charge in [-0.2, -0.15) is 0 Å². The van der Waals surface area contributed by atoms with Crippen molar-refractivity contribution in [2.75, 3.05) is 7.11 Å². The number of aldehydes is 1. The molecule has 0 radical (unpaired) electrons. The molecule has 2 aromatic rings. The fourth-order valence-electron chi connectivity index (χ4n) is 1.60. The summed E-state index contributed by atoms with van der Waals surface area (Å²) in [6, 6.07) is 6.37. The molecule has 1 heterocycles. The fraction of sp³-hybridized carbons (Fsp3) is 0.0769. The van der Waals surface area contributed by atoms with Crippen LogP contribution < -0.4 is 4.74 Å². The van der Waals surface area contributed by atoms with E-state index in [1.165, 1.54) is 7.11 Å². The van der Waals surface area contributed by atoms with Gasteiger partial charge in [-0.3, -0.25) is 4.79 Å². The molecule has 0 atom stereocenters. The van der Waals surface area contributed by atoms with E-state index in [4.69, 9.17) is 16.3 Å². The summed E-state index contributed by atoms with van der Waals surface area (Å²) in [5, 5.41) is 0.412. The molecule has 19 heavy (non-hydrogen) atoms. The lowest BCUT2D eigenvalue weighted by atomic mass is 10.1. The Balaban J connectivity index is 2.67. The molecule has 0 aliphatic heterocycles. The Hall–Kier alpha value is -1.46. The van der Waals surface area contributed by atoms with E-state index in [1.54, 1.807) is 18.2 Å². The maximum atomic E-state index is 13.8. The van der Waals surface area contributed by atoms with Gasteiger partial charge >= 0.3 is 0 Å². The van der Waals surface area contributed by atoms with Crippen LogP contribution in [0.15, 0.2) is 28.7 Å². The second kappa shape index (κ2) is 5.67. The highest BCUT2D eigenvalue weighted by molar-refractivity contribution is 9.10. The third-order valence-corrected chi connectivity index (χ3v) is 3.81. The van der Waals surface area contributed by atoms with Gasteiger partial charge in [0, 0.05) is 16.1 Å². The molecule has 0 saturated carbocycles. The number of hydrogen-bond acceptors (Lipinski definition) is 3. The minimum atomic E-state index is -0.701. The summed E-state index contributed by atoms with van der Waals surface area (Å²) < 4.78 is 19.4. The van der Waals surface area contributed by atoms with Crippen LogP contribution in [-0.4, -0.2) is 18.4 Å². The van der Waals surface area contributed by atoms with Crippen molar-refractivity contribution in [1.29, 1.82) is 0 Å². The minimum absolute atomic E-state index is 0.0685. The third kappa shape index (κ3) is 2.62. The quantitative estimate of drug-likeness (QED) is 0.786. The van der Waals surface area contributed by atoms with E-state index in [-0.39, 0.29) is 11.4 Å². The van der Waals surface area contributed by atoms with Crippen LogP contribution in [0.1, 0.15) is 10.4 Å². The van der Waals surface area contributed by atoms with Crippen molar-refractivity contribution in [3.8, 4) is 17.1 Å². The first-order valence-corrected chi connectivity index (χ1v) is 6.39. The molecule has 0 aliphatic carbocycles. The molecule has 2 rings (SSSR count). The summed E-state index contributed by atoms with van der Waals surface area (Å²) in [5.41, 5.74) is 0.634. The van der Waals surface area contributed by atoms with Crippen molar-refractivity contribution in [2.24, 2.45) is 0 Å². The largest absolute Gasteiger partial charge is 0.480 e. The molecule has 0 unspecified atom stereocenters. The van der Waals surface area contributed by atoms with Gasteiger partial charge in [0.25, 0.3) is 0 Å². The highest BCUT2D eigenvalue weighted by atomic mass is 79.9. The Morgan fingerprint density at radius 2 is 2.21 bits per heavy atom. The highest BCUT2D eigenvalue weighted by Crippen LogP contribution is 2.34. The van der Waals surface area contributed by atoms with Crippen LogP contribution in [0.2, 0.25) is 5.02 Å². The lowest BCUT2D eigenvalue weighted by Crippen LogP contribution is -2.00. The maximum Gasteiger partial charge on any atom is 0.227 e. The van der Waals surface area contributed by atoms with E-state index in [9.17, 15) is 9.18 Å². The van der Waals surface area contributed by atoms with Crippen molar-refractivity contribution in [1.82, 2.24) is 4.98 Å². The van der Waals surface area contributed by atoms with Crippen molar-refractivity contribution >= 4 is 33.8 Å². The van der Waals surface area contributed by atoms with E-state index in [0.29, 0.717) is 27.0 Å². The molecule has 0 N–H and O–H groups in total. The molecular weight excluding hydrogens is 337 g/mol. The van der Waals surface area contributed by atoms with E-state index >= 15 is 0 Å². The first kappa shape index (κ1) is 14.0. The van der Waals surface area contributed by atoms with Crippen LogP contribution in [0, 0.1) is 5.82 Å². The number of carbonyl (C=O) groups is 1. The Kier molecular flexibility index (Phi) is 4.17. The average Bonchev–Trinajstić information content (AvgIpc) is 2.40. The molecule has 1 aromatic heterocycles. The number of nitrogens with zero attached hydrogens (tertiary/aromatic N) is 1. The summed E-state index contributed by atoms with van der Waals surface area (Å²) in [6.07, 6.45) is 0.369. The van der Waals surface area contributed by atoms with Crippen LogP contribution in [-0.2, 0) is 0 Å². The standard InChI is InChI=1S/C13H8BrClFNO2/c1-19-13-8(6-18)10(16)5-11(17-13)7-3-2-4-9(14)12(7)15/h2-6H,1H3. The zero-order chi connectivity index (χ0) is 14.0. The predicted molar refractivity (Wildman–Crippen MR) is 74.3 cm³/mol. The van der Waals surface area contributed by atoms with Gasteiger partial charge in [0.05, 0.1) is 17.8 Å². The van der Waals surface area contributed by atoms with Crippen molar-refractivity contribution < 1.29 is 13.9 Å². The maximum absolute atomic E-state index is 13.8. The first-order valence-electron chi connectivity index (χ1n) is 5.22. The Bertz CT molecular complexity index is 649. The zero-order valence-corrected chi connectivity index (χ0v) is 12.1. The van der Waals surface area contributed by atoms with E-state index < -0.39 is 5.82 Å². The molecule has 0 fully saturated rings. The smallest absolute Gasteiger partial charge is 0.227 e. The summed E-state index contributed by atoms with van der Waals surface area (Å²) in [5.74, 6) is -0.770. The topological polar surface area (TPSA) is 39.2 Å². The van der Waals surface area contributed by atoms with Crippen molar-refractivity contribution in [2.45, 2.75) is 0 Å². The number of hydrogen-bond donors (Lipinski definition) is 0. The number of rotatable bonds is 3. The molecule has 0 aliphatic rings. The van der Waals surface area contributed by atoms with Gasteiger partial charge in [0.1, 0.15) is 11.4 Å². The monoisotopic (exact) mass is 343 g/mol. The number of carbonyl (C=O) groups excluding carboxylic acids is 1. The van der Waals surface area contributed by atoms with Crippen LogP contribution in [0.25, 0.3) is 11.3 Å². The second-order valence-corrected chi connectivity index (χ2v) is 4.86. The predicted octanol–water partition coefficient (Wildman–Crippen LogP) is 4.12. The summed E-state index contributed by atoms with van der Waals surface area (Å²) in [7, 11) is 1.32. The molecule has 0 saturated heterocycles. The van der Waals surface area contributed by atoms with Gasteiger partial charge in [0.15, 0.2) is 6.29 Å². The highest BCUT2D eigenvalue weighted by Gasteiger charge is 2.16. The number of benzene rings is 1. The third-order valence-electron chi connectivity index (χ3n) is 2.51. The number of methoxy groups -OCH3 is 1. The van der Waals surface area contributed by atoms with Gasteiger partial charge in [-0.25, -0.2) is 9.37 Å². The molecular formula is C13H8BrClFNO2. The normalized spacial score (nSPS) is 10.3. The van der Waals surface area contributed by atoms with Crippen LogP contribution in [0.5, 0.6) is 5.88 Å². The van der Waals surface area contributed by atoms with Crippen molar-refractivity contribution in [3.05, 3.63) is 45.1 Å². The minimum Gasteiger partial charge on any atom is -0.480 e. The Labute approximate surface area is 122 Å². The fourth-order valence-corrected chi connectivity index (χ4v) is 2.19. The molecule has 98 valence electrons. The average molecular weight is 345 g/mol. The molecule has 0 spiro atoms. The summed E-state index contributed by atoms with van der Waals surface area (Å²) in [6.45, 7) is 0. The summed E-state index contributed by atoms with van der Waals surface area (Å²) >= 11 is 9.41. The van der Waals surface area contributed by atoms with Gasteiger partial charge in [-0.05, 0) is 22.0 Å². The van der Waals surface area contributed by atoms with Gasteiger partial charge in [-0.1, -0.05) is 23.7 Å². The van der Waals surface area contributed by atoms with E-state index in [2.05, 4.69) is 20.9 Å².